The number of benzene rings is 2. The Labute approximate surface area is 133 Å². The molecule has 1 aliphatic carbocycles. The molecule has 0 saturated carbocycles. The third kappa shape index (κ3) is 2.55. The van der Waals surface area contributed by atoms with Crippen molar-refractivity contribution in [3.05, 3.63) is 75.5 Å². The highest BCUT2D eigenvalue weighted by Crippen LogP contribution is 2.34. The maximum Gasteiger partial charge on any atom is 0.340 e. The molecule has 6 nitrogen and oxygen atoms in total. The zero-order valence-electron chi connectivity index (χ0n) is 12.7. The van der Waals surface area contributed by atoms with E-state index < -0.39 is 16.4 Å². The summed E-state index contributed by atoms with van der Waals surface area (Å²) >= 11 is 0. The highest BCUT2D eigenvalue weighted by Gasteiger charge is 2.38. The normalized spacial score (nSPS) is 13.0. The van der Waals surface area contributed by atoms with Crippen molar-refractivity contribution in [1.29, 1.82) is 0 Å². The van der Waals surface area contributed by atoms with Gasteiger partial charge in [0.05, 0.1) is 4.92 Å². The van der Waals surface area contributed by atoms with Gasteiger partial charge in [-0.1, -0.05) is 24.3 Å². The lowest BCUT2D eigenvalue weighted by Gasteiger charge is -2.13. The number of carbonyl (C=O) groups is 1. The molecule has 0 bridgehead atoms. The monoisotopic (exact) mass is 309 g/mol. The van der Waals surface area contributed by atoms with Gasteiger partial charge < -0.3 is 10.2 Å². The molecule has 6 heteroatoms. The van der Waals surface area contributed by atoms with E-state index in [0.29, 0.717) is 16.8 Å². The first-order valence-electron chi connectivity index (χ1n) is 7.06. The van der Waals surface area contributed by atoms with Crippen molar-refractivity contribution in [2.45, 2.75) is 0 Å². The van der Waals surface area contributed by atoms with Crippen molar-refractivity contribution in [2.24, 2.45) is 0 Å². The summed E-state index contributed by atoms with van der Waals surface area (Å²) in [5.74, 6) is -0.557. The maximum atomic E-state index is 12.2. The fourth-order valence-electron chi connectivity index (χ4n) is 2.56. The summed E-state index contributed by atoms with van der Waals surface area (Å²) in [5.41, 5.74) is 2.44. The molecule has 23 heavy (non-hydrogen) atoms. The van der Waals surface area contributed by atoms with Crippen LogP contribution in [0.3, 0.4) is 0 Å². The molecule has 0 aliphatic heterocycles. The number of ketones is 1. The highest BCUT2D eigenvalue weighted by molar-refractivity contribution is 6.20. The molecule has 116 valence electrons. The van der Waals surface area contributed by atoms with Crippen LogP contribution in [0.1, 0.15) is 15.9 Å². The predicted molar refractivity (Wildman–Crippen MR) is 89.1 cm³/mol. The Morgan fingerprint density at radius 1 is 1.00 bits per heavy atom. The fraction of sp³-hybridized carbons (Fsp3) is 0.118. The lowest BCUT2D eigenvalue weighted by Crippen LogP contribution is -2.10. The molecule has 2 aromatic carbocycles. The second-order valence-corrected chi connectivity index (χ2v) is 5.42. The predicted octanol–water partition coefficient (Wildman–Crippen LogP) is 3.01. The molecule has 0 saturated heterocycles. The average molecular weight is 309 g/mol. The Bertz CT molecular complexity index is 823. The third-order valence-electron chi connectivity index (χ3n) is 3.73. The molecular weight excluding hydrogens is 294 g/mol. The van der Waals surface area contributed by atoms with Gasteiger partial charge in [-0.15, -0.1) is 0 Å². The molecule has 0 spiro atoms. The van der Waals surface area contributed by atoms with Crippen molar-refractivity contribution in [1.82, 2.24) is 0 Å². The van der Waals surface area contributed by atoms with Gasteiger partial charge in [-0.3, -0.25) is 14.9 Å². The van der Waals surface area contributed by atoms with E-state index in [9.17, 15) is 14.9 Å². The Hall–Kier alpha value is -3.15. The van der Waals surface area contributed by atoms with Crippen LogP contribution in [0.2, 0.25) is 0 Å². The number of nitrogens with zero attached hydrogens (tertiary/aromatic N) is 2. The van der Waals surface area contributed by atoms with E-state index in [1.807, 2.05) is 43.3 Å². The Morgan fingerprint density at radius 3 is 2.17 bits per heavy atom. The second-order valence-electron chi connectivity index (χ2n) is 5.42. The summed E-state index contributed by atoms with van der Waals surface area (Å²) in [7, 11) is 3.86. The van der Waals surface area contributed by atoms with E-state index in [4.69, 9.17) is 0 Å². The van der Waals surface area contributed by atoms with Gasteiger partial charge in [-0.25, -0.2) is 0 Å². The van der Waals surface area contributed by atoms with Crippen LogP contribution in [0.15, 0.2) is 54.2 Å². The Kier molecular flexibility index (Phi) is 3.57. The van der Waals surface area contributed by atoms with Crippen LogP contribution in [-0.2, 0) is 0 Å². The summed E-state index contributed by atoms with van der Waals surface area (Å²) in [6.45, 7) is 0. The molecule has 1 N–H and O–H groups in total. The molecule has 2 aromatic rings. The van der Waals surface area contributed by atoms with Crippen LogP contribution in [0.5, 0.6) is 0 Å². The van der Waals surface area contributed by atoms with Crippen molar-refractivity contribution >= 4 is 22.9 Å². The molecular formula is C17H15N3O3. The van der Waals surface area contributed by atoms with Gasteiger partial charge in [0, 0.05) is 36.6 Å². The number of anilines is 2. The average Bonchev–Trinajstić information content (AvgIpc) is 2.81. The number of nitrogens with one attached hydrogen (secondary N) is 1. The first-order chi connectivity index (χ1) is 11.0. The van der Waals surface area contributed by atoms with E-state index in [0.717, 1.165) is 5.69 Å². The number of rotatable bonds is 4. The van der Waals surface area contributed by atoms with Gasteiger partial charge in [-0.2, -0.15) is 0 Å². The lowest BCUT2D eigenvalue weighted by molar-refractivity contribution is -0.415. The van der Waals surface area contributed by atoms with Gasteiger partial charge in [-0.05, 0) is 24.3 Å². The van der Waals surface area contributed by atoms with Crippen molar-refractivity contribution < 1.29 is 9.72 Å². The van der Waals surface area contributed by atoms with Crippen LogP contribution >= 0.6 is 0 Å². The van der Waals surface area contributed by atoms with E-state index in [-0.39, 0.29) is 5.70 Å². The van der Waals surface area contributed by atoms with Gasteiger partial charge in [0.1, 0.15) is 5.70 Å². The molecule has 0 atom stereocenters. The lowest BCUT2D eigenvalue weighted by atomic mass is 10.1. The van der Waals surface area contributed by atoms with Crippen molar-refractivity contribution in [3.8, 4) is 0 Å². The zero-order valence-corrected chi connectivity index (χ0v) is 12.7. The summed E-state index contributed by atoms with van der Waals surface area (Å²) in [6.07, 6.45) is 0. The number of hydrogen-bond acceptors (Lipinski definition) is 5. The summed E-state index contributed by atoms with van der Waals surface area (Å²) < 4.78 is 0. The standard InChI is InChI=1S/C17H15N3O3/c1-19(2)12-9-7-11(8-10-12)18-15-13-5-3-4-6-14(13)17(21)16(15)20(22)23/h3-10,18H,1-2H3. The van der Waals surface area contributed by atoms with Crippen molar-refractivity contribution in [3.63, 3.8) is 0 Å². The van der Waals surface area contributed by atoms with Gasteiger partial charge in [0.15, 0.2) is 0 Å². The summed E-state index contributed by atoms with van der Waals surface area (Å²) in [5, 5.41) is 14.3. The number of carbonyl (C=O) groups excluding carboxylic acids is 1. The van der Waals surface area contributed by atoms with E-state index in [2.05, 4.69) is 5.32 Å². The molecule has 3 rings (SSSR count). The van der Waals surface area contributed by atoms with Gasteiger partial charge in [0.2, 0.25) is 0 Å². The molecule has 1 aliphatic rings. The molecule has 0 heterocycles. The van der Waals surface area contributed by atoms with E-state index >= 15 is 0 Å². The smallest absolute Gasteiger partial charge is 0.340 e. The SMILES string of the molecule is CN(C)c1ccc(NC2=C([N+](=O)[O-])C(=O)c3ccccc32)cc1. The second kappa shape index (κ2) is 5.57. The minimum Gasteiger partial charge on any atom is -0.378 e. The number of nitro groups is 1. The van der Waals surface area contributed by atoms with E-state index in [1.165, 1.54) is 0 Å². The van der Waals surface area contributed by atoms with Crippen LogP contribution < -0.4 is 10.2 Å². The minimum absolute atomic E-state index is 0.244. The fourth-order valence-corrected chi connectivity index (χ4v) is 2.56. The maximum absolute atomic E-state index is 12.2. The highest BCUT2D eigenvalue weighted by atomic mass is 16.6. The summed E-state index contributed by atoms with van der Waals surface area (Å²) in [6, 6.07) is 14.2. The molecule has 0 fully saturated rings. The number of hydrogen-bond donors (Lipinski definition) is 1. The largest absolute Gasteiger partial charge is 0.378 e. The van der Waals surface area contributed by atoms with Crippen LogP contribution in [0.25, 0.3) is 5.70 Å². The number of fused-ring (bicyclic) bond motifs is 1. The molecule has 0 aromatic heterocycles. The van der Waals surface area contributed by atoms with Crippen molar-refractivity contribution in [2.75, 3.05) is 24.3 Å². The molecule has 0 radical (unpaired) electrons. The minimum atomic E-state index is -0.626. The van der Waals surface area contributed by atoms with Gasteiger partial charge in [0.25, 0.3) is 5.78 Å². The number of allylic oxidation sites excluding steroid dienone is 1. The van der Waals surface area contributed by atoms with Crippen LogP contribution in [0.4, 0.5) is 11.4 Å². The number of Topliss-reactive ketones (excluding diaryl/α,β-unsaturated/α-hetero) is 1. The first kappa shape index (κ1) is 14.8. The Morgan fingerprint density at radius 2 is 1.61 bits per heavy atom. The summed E-state index contributed by atoms with van der Waals surface area (Å²) in [4.78, 5) is 24.9. The van der Waals surface area contributed by atoms with Gasteiger partial charge >= 0.3 is 5.70 Å². The topological polar surface area (TPSA) is 75.5 Å². The van der Waals surface area contributed by atoms with Crippen LogP contribution in [0, 0.1) is 10.1 Å². The molecule has 0 unspecified atom stereocenters. The molecule has 0 amide bonds. The first-order valence-corrected chi connectivity index (χ1v) is 7.06. The third-order valence-corrected chi connectivity index (χ3v) is 3.73. The quantitative estimate of drug-likeness (QED) is 0.694. The zero-order chi connectivity index (χ0) is 16.6. The van der Waals surface area contributed by atoms with E-state index in [1.54, 1.807) is 24.3 Å². The van der Waals surface area contributed by atoms with Crippen LogP contribution in [-0.4, -0.2) is 24.8 Å². The Balaban J connectivity index is 2.02.